The Hall–Kier alpha value is -0.890. The third-order valence-corrected chi connectivity index (χ3v) is 3.43. The maximum absolute atomic E-state index is 11.4. The Kier molecular flexibility index (Phi) is 1.04. The van der Waals surface area contributed by atoms with Crippen LogP contribution < -0.4 is 0 Å². The molecule has 3 aliphatic carbocycles. The van der Waals surface area contributed by atoms with E-state index in [0.717, 1.165) is 0 Å². The molecule has 0 spiro atoms. The zero-order valence-corrected chi connectivity index (χ0v) is 6.55. The van der Waals surface area contributed by atoms with Gasteiger partial charge in [0.05, 0.1) is 6.10 Å². The molecule has 2 heteroatoms. The molecule has 0 saturated heterocycles. The van der Waals surface area contributed by atoms with Crippen LogP contribution in [0.4, 0.5) is 0 Å². The second kappa shape index (κ2) is 1.88. The highest BCUT2D eigenvalue weighted by atomic mass is 16.3. The van der Waals surface area contributed by atoms with Gasteiger partial charge in [0.15, 0.2) is 5.78 Å². The number of carbonyl (C=O) groups is 1. The van der Waals surface area contributed by atoms with Crippen LogP contribution in [-0.2, 0) is 4.79 Å². The molecule has 1 saturated carbocycles. The highest BCUT2D eigenvalue weighted by molar-refractivity contribution is 5.95. The highest BCUT2D eigenvalue weighted by Crippen LogP contribution is 2.51. The van der Waals surface area contributed by atoms with Crippen LogP contribution in [0.1, 0.15) is 0 Å². The molecule has 0 aromatic rings. The molecule has 2 nitrogen and oxygen atoms in total. The number of carbonyl (C=O) groups excluding carboxylic acids is 1. The van der Waals surface area contributed by atoms with Crippen molar-refractivity contribution in [2.45, 2.75) is 6.10 Å². The third-order valence-electron chi connectivity index (χ3n) is 3.43. The third kappa shape index (κ3) is 0.547. The number of aliphatic hydroxyl groups is 1. The fraction of sp³-hybridized carbons (Fsp3) is 0.500. The van der Waals surface area contributed by atoms with Crippen LogP contribution in [0.25, 0.3) is 0 Å². The summed E-state index contributed by atoms with van der Waals surface area (Å²) >= 11 is 0. The summed E-state index contributed by atoms with van der Waals surface area (Å²) in [7, 11) is 0. The molecule has 0 heterocycles. The summed E-state index contributed by atoms with van der Waals surface area (Å²) in [6.45, 7) is 0. The molecule has 3 rings (SSSR count). The van der Waals surface area contributed by atoms with Crippen LogP contribution in [-0.4, -0.2) is 17.0 Å². The molecule has 3 aliphatic rings. The molecular weight excluding hydrogens is 152 g/mol. The summed E-state index contributed by atoms with van der Waals surface area (Å²) in [4.78, 5) is 11.4. The molecule has 0 aromatic heterocycles. The van der Waals surface area contributed by atoms with Gasteiger partial charge in [0.2, 0.25) is 0 Å². The Labute approximate surface area is 70.6 Å². The van der Waals surface area contributed by atoms with E-state index in [0.29, 0.717) is 5.92 Å². The minimum Gasteiger partial charge on any atom is -0.392 e. The van der Waals surface area contributed by atoms with Crippen LogP contribution in [0.15, 0.2) is 24.3 Å². The molecule has 5 atom stereocenters. The minimum absolute atomic E-state index is 0.0648. The maximum Gasteiger partial charge on any atom is 0.159 e. The molecule has 1 N–H and O–H groups in total. The summed E-state index contributed by atoms with van der Waals surface area (Å²) in [6, 6.07) is 0. The average Bonchev–Trinajstić information content (AvgIpc) is 2.66. The smallest absolute Gasteiger partial charge is 0.159 e. The topological polar surface area (TPSA) is 37.3 Å². The molecule has 12 heavy (non-hydrogen) atoms. The number of rotatable bonds is 0. The second-order valence-corrected chi connectivity index (χ2v) is 3.89. The lowest BCUT2D eigenvalue weighted by atomic mass is 9.85. The molecule has 0 unspecified atom stereocenters. The van der Waals surface area contributed by atoms with E-state index in [1.54, 1.807) is 6.08 Å². The van der Waals surface area contributed by atoms with Crippen molar-refractivity contribution in [3.05, 3.63) is 24.3 Å². The van der Waals surface area contributed by atoms with Crippen LogP contribution in [0.5, 0.6) is 0 Å². The lowest BCUT2D eigenvalue weighted by Crippen LogP contribution is -2.21. The molecule has 1 fully saturated rings. The molecule has 0 amide bonds. The first-order valence-corrected chi connectivity index (χ1v) is 4.37. The van der Waals surface area contributed by atoms with Crippen molar-refractivity contribution in [3.8, 4) is 0 Å². The lowest BCUT2D eigenvalue weighted by Gasteiger charge is -2.16. The predicted octanol–water partition coefficient (Wildman–Crippen LogP) is 0.534. The van der Waals surface area contributed by atoms with E-state index in [9.17, 15) is 9.90 Å². The number of hydrogen-bond donors (Lipinski definition) is 1. The monoisotopic (exact) mass is 162 g/mol. The lowest BCUT2D eigenvalue weighted by molar-refractivity contribution is -0.119. The average molecular weight is 162 g/mol. The zero-order valence-electron chi connectivity index (χ0n) is 6.55. The van der Waals surface area contributed by atoms with Gasteiger partial charge in [-0.25, -0.2) is 0 Å². The summed E-state index contributed by atoms with van der Waals surface area (Å²) < 4.78 is 0. The standard InChI is InChI=1S/C10H10O2/c11-8-4-3-5-6-1-2-7(9(5)8)10(6)12/h1-7,9-10,12H/t5-,6-,7+,9+,10+/m1/s1. The Morgan fingerprint density at radius 1 is 1.08 bits per heavy atom. The summed E-state index contributed by atoms with van der Waals surface area (Å²) in [5, 5.41) is 9.70. The van der Waals surface area contributed by atoms with E-state index >= 15 is 0 Å². The van der Waals surface area contributed by atoms with Crippen molar-refractivity contribution in [1.82, 2.24) is 0 Å². The van der Waals surface area contributed by atoms with Crippen LogP contribution >= 0.6 is 0 Å². The minimum atomic E-state index is -0.297. The van der Waals surface area contributed by atoms with Gasteiger partial charge in [0.25, 0.3) is 0 Å². The van der Waals surface area contributed by atoms with Gasteiger partial charge in [-0.3, -0.25) is 4.79 Å². The first-order chi connectivity index (χ1) is 5.79. The van der Waals surface area contributed by atoms with Crippen molar-refractivity contribution >= 4 is 5.78 Å². The molecule has 0 aliphatic heterocycles. The van der Waals surface area contributed by atoms with Gasteiger partial charge in [0, 0.05) is 17.8 Å². The van der Waals surface area contributed by atoms with E-state index in [4.69, 9.17) is 0 Å². The Morgan fingerprint density at radius 3 is 2.58 bits per heavy atom. The van der Waals surface area contributed by atoms with E-state index in [2.05, 4.69) is 6.08 Å². The van der Waals surface area contributed by atoms with E-state index < -0.39 is 0 Å². The van der Waals surface area contributed by atoms with Crippen LogP contribution in [0.3, 0.4) is 0 Å². The maximum atomic E-state index is 11.4. The fourth-order valence-corrected chi connectivity index (χ4v) is 2.87. The van der Waals surface area contributed by atoms with Gasteiger partial charge in [0.1, 0.15) is 0 Å². The summed E-state index contributed by atoms with van der Waals surface area (Å²) in [5.41, 5.74) is 0. The highest BCUT2D eigenvalue weighted by Gasteiger charge is 2.54. The molecule has 62 valence electrons. The van der Waals surface area contributed by atoms with Crippen molar-refractivity contribution in [2.24, 2.45) is 23.7 Å². The quantitative estimate of drug-likeness (QED) is 0.528. The largest absolute Gasteiger partial charge is 0.392 e. The molecule has 0 radical (unpaired) electrons. The first kappa shape index (κ1) is 6.61. The summed E-state index contributed by atoms with van der Waals surface area (Å²) in [6.07, 6.45) is 7.40. The van der Waals surface area contributed by atoms with Crippen molar-refractivity contribution in [3.63, 3.8) is 0 Å². The fourth-order valence-electron chi connectivity index (χ4n) is 2.87. The Morgan fingerprint density at radius 2 is 1.83 bits per heavy atom. The van der Waals surface area contributed by atoms with Crippen molar-refractivity contribution in [1.29, 1.82) is 0 Å². The Balaban J connectivity index is 2.08. The van der Waals surface area contributed by atoms with Gasteiger partial charge in [-0.15, -0.1) is 0 Å². The SMILES string of the molecule is O=C1C=C[C@@H]2[C@H]3C=C[C@H]([C@H]3O)[C@@H]12. The number of ketones is 1. The number of hydrogen-bond acceptors (Lipinski definition) is 2. The predicted molar refractivity (Wildman–Crippen MR) is 43.3 cm³/mol. The van der Waals surface area contributed by atoms with Gasteiger partial charge in [-0.05, 0) is 12.0 Å². The van der Waals surface area contributed by atoms with Gasteiger partial charge >= 0.3 is 0 Å². The van der Waals surface area contributed by atoms with Gasteiger partial charge < -0.3 is 5.11 Å². The van der Waals surface area contributed by atoms with Gasteiger partial charge in [-0.1, -0.05) is 18.2 Å². The van der Waals surface area contributed by atoms with Crippen molar-refractivity contribution < 1.29 is 9.90 Å². The van der Waals surface area contributed by atoms with Gasteiger partial charge in [-0.2, -0.15) is 0 Å². The normalized spacial score (nSPS) is 53.8. The molecular formula is C10H10O2. The van der Waals surface area contributed by atoms with E-state index in [1.807, 2.05) is 12.2 Å². The Bertz CT molecular complexity index is 303. The van der Waals surface area contributed by atoms with Crippen LogP contribution in [0.2, 0.25) is 0 Å². The van der Waals surface area contributed by atoms with Crippen LogP contribution in [0, 0.1) is 23.7 Å². The number of allylic oxidation sites excluding steroid dienone is 2. The van der Waals surface area contributed by atoms with E-state index in [-0.39, 0.29) is 29.6 Å². The molecule has 0 aromatic carbocycles. The molecule has 2 bridgehead atoms. The number of fused-ring (bicyclic) bond motifs is 5. The van der Waals surface area contributed by atoms with E-state index in [1.165, 1.54) is 0 Å². The second-order valence-electron chi connectivity index (χ2n) is 3.89. The zero-order chi connectivity index (χ0) is 8.29. The first-order valence-electron chi connectivity index (χ1n) is 4.37. The number of aliphatic hydroxyl groups excluding tert-OH is 1. The summed E-state index contributed by atoms with van der Waals surface area (Å²) in [5.74, 6) is 0.874. The van der Waals surface area contributed by atoms with Crippen molar-refractivity contribution in [2.75, 3.05) is 0 Å².